The standard InChI is InChI=1S/C16H17N3O3S/c1-10-7-12(18-22-10)9-19(2)16(21)11-3-4-14-13(8-11)17-15(20)5-6-23-14/h3-4,7-8H,5-6,9H2,1-2H3,(H,17,20). The molecule has 1 N–H and O–H groups in total. The maximum Gasteiger partial charge on any atom is 0.254 e. The van der Waals surface area contributed by atoms with Crippen LogP contribution in [-0.4, -0.2) is 34.7 Å². The number of nitrogens with one attached hydrogen (secondary N) is 1. The van der Waals surface area contributed by atoms with E-state index in [1.807, 2.05) is 13.0 Å². The van der Waals surface area contributed by atoms with E-state index in [9.17, 15) is 9.59 Å². The Morgan fingerprint density at radius 2 is 2.26 bits per heavy atom. The van der Waals surface area contributed by atoms with Crippen LogP contribution in [0.4, 0.5) is 5.69 Å². The van der Waals surface area contributed by atoms with Gasteiger partial charge in [0.25, 0.3) is 5.91 Å². The first kappa shape index (κ1) is 15.6. The second-order valence-electron chi connectivity index (χ2n) is 5.45. The predicted molar refractivity (Wildman–Crippen MR) is 87.5 cm³/mol. The van der Waals surface area contributed by atoms with Gasteiger partial charge in [0.05, 0.1) is 12.2 Å². The van der Waals surface area contributed by atoms with Crippen LogP contribution in [0.5, 0.6) is 0 Å². The maximum atomic E-state index is 12.6. The lowest BCUT2D eigenvalue weighted by Gasteiger charge is -2.16. The lowest BCUT2D eigenvalue weighted by Crippen LogP contribution is -2.26. The van der Waals surface area contributed by atoms with E-state index in [2.05, 4.69) is 10.5 Å². The van der Waals surface area contributed by atoms with Crippen LogP contribution < -0.4 is 5.32 Å². The number of benzene rings is 1. The molecule has 2 amide bonds. The van der Waals surface area contributed by atoms with E-state index in [0.29, 0.717) is 35.7 Å². The molecule has 1 aliphatic heterocycles. The van der Waals surface area contributed by atoms with Gasteiger partial charge in [-0.25, -0.2) is 0 Å². The molecule has 0 bridgehead atoms. The van der Waals surface area contributed by atoms with Gasteiger partial charge < -0.3 is 14.7 Å². The van der Waals surface area contributed by atoms with Gasteiger partial charge in [-0.1, -0.05) is 5.16 Å². The molecule has 1 aromatic heterocycles. The average molecular weight is 331 g/mol. The molecule has 0 unspecified atom stereocenters. The summed E-state index contributed by atoms with van der Waals surface area (Å²) >= 11 is 1.62. The van der Waals surface area contributed by atoms with E-state index in [1.54, 1.807) is 41.9 Å². The van der Waals surface area contributed by atoms with Crippen molar-refractivity contribution in [2.45, 2.75) is 24.8 Å². The van der Waals surface area contributed by atoms with Gasteiger partial charge in [0.1, 0.15) is 11.5 Å². The molecular formula is C16H17N3O3S. The first-order valence-corrected chi connectivity index (χ1v) is 8.26. The Labute approximate surface area is 138 Å². The number of hydrogen-bond donors (Lipinski definition) is 1. The van der Waals surface area contributed by atoms with Crippen molar-refractivity contribution in [1.82, 2.24) is 10.1 Å². The van der Waals surface area contributed by atoms with Crippen LogP contribution in [0.15, 0.2) is 33.7 Å². The summed E-state index contributed by atoms with van der Waals surface area (Å²) < 4.78 is 5.01. The normalized spacial score (nSPS) is 13.9. The quantitative estimate of drug-likeness (QED) is 0.936. The second-order valence-corrected chi connectivity index (χ2v) is 6.58. The molecule has 0 fully saturated rings. The Kier molecular flexibility index (Phi) is 4.38. The molecule has 0 atom stereocenters. The fourth-order valence-electron chi connectivity index (χ4n) is 2.38. The molecule has 0 saturated heterocycles. The molecule has 3 rings (SSSR count). The minimum Gasteiger partial charge on any atom is -0.361 e. The van der Waals surface area contributed by atoms with Crippen LogP contribution in [-0.2, 0) is 11.3 Å². The molecule has 1 aromatic carbocycles. The van der Waals surface area contributed by atoms with Gasteiger partial charge in [0.15, 0.2) is 0 Å². The van der Waals surface area contributed by atoms with Crippen LogP contribution in [0.2, 0.25) is 0 Å². The molecule has 120 valence electrons. The van der Waals surface area contributed by atoms with Gasteiger partial charge in [0.2, 0.25) is 5.91 Å². The molecule has 7 heteroatoms. The molecule has 0 spiro atoms. The average Bonchev–Trinajstić information content (AvgIpc) is 2.82. The Hall–Kier alpha value is -2.28. The Morgan fingerprint density at radius 3 is 3.00 bits per heavy atom. The van der Waals surface area contributed by atoms with E-state index >= 15 is 0 Å². The highest BCUT2D eigenvalue weighted by Crippen LogP contribution is 2.31. The smallest absolute Gasteiger partial charge is 0.254 e. The number of hydrogen-bond acceptors (Lipinski definition) is 5. The molecule has 1 aliphatic rings. The zero-order valence-corrected chi connectivity index (χ0v) is 13.8. The summed E-state index contributed by atoms with van der Waals surface area (Å²) in [6, 6.07) is 7.21. The third-order valence-corrected chi connectivity index (χ3v) is 4.59. The molecule has 0 aliphatic carbocycles. The number of aromatic nitrogens is 1. The topological polar surface area (TPSA) is 75.4 Å². The Bertz CT molecular complexity index is 757. The van der Waals surface area contributed by atoms with Crippen molar-refractivity contribution in [2.24, 2.45) is 0 Å². The van der Waals surface area contributed by atoms with Crippen LogP contribution in [0.25, 0.3) is 0 Å². The minimum absolute atomic E-state index is 0.0210. The monoisotopic (exact) mass is 331 g/mol. The van der Waals surface area contributed by atoms with Gasteiger partial charge >= 0.3 is 0 Å². The SMILES string of the molecule is Cc1cc(CN(C)C(=O)c2ccc3c(c2)NC(=O)CCS3)no1. The largest absolute Gasteiger partial charge is 0.361 e. The second kappa shape index (κ2) is 6.45. The van der Waals surface area contributed by atoms with Crippen molar-refractivity contribution in [1.29, 1.82) is 0 Å². The highest BCUT2D eigenvalue weighted by molar-refractivity contribution is 7.99. The van der Waals surface area contributed by atoms with E-state index in [-0.39, 0.29) is 11.8 Å². The Balaban J connectivity index is 1.78. The highest BCUT2D eigenvalue weighted by atomic mass is 32.2. The minimum atomic E-state index is -0.128. The van der Waals surface area contributed by atoms with Crippen molar-refractivity contribution >= 4 is 29.3 Å². The number of fused-ring (bicyclic) bond motifs is 1. The fourth-order valence-corrected chi connectivity index (χ4v) is 3.32. The molecule has 2 heterocycles. The van der Waals surface area contributed by atoms with E-state index < -0.39 is 0 Å². The van der Waals surface area contributed by atoms with Gasteiger partial charge in [-0.15, -0.1) is 11.8 Å². The summed E-state index contributed by atoms with van der Waals surface area (Å²) in [5.41, 5.74) is 1.94. The number of carbonyl (C=O) groups excluding carboxylic acids is 2. The van der Waals surface area contributed by atoms with Crippen LogP contribution in [0.3, 0.4) is 0 Å². The van der Waals surface area contributed by atoms with Crippen LogP contribution in [0, 0.1) is 6.92 Å². The first-order valence-electron chi connectivity index (χ1n) is 7.27. The van der Waals surface area contributed by atoms with Gasteiger partial charge in [-0.2, -0.15) is 0 Å². The van der Waals surface area contributed by atoms with Crippen molar-refractivity contribution in [3.8, 4) is 0 Å². The number of thioether (sulfide) groups is 1. The summed E-state index contributed by atoms with van der Waals surface area (Å²) in [5, 5.41) is 6.75. The van der Waals surface area contributed by atoms with Crippen LogP contribution in [0.1, 0.15) is 28.2 Å². The molecule has 23 heavy (non-hydrogen) atoms. The summed E-state index contributed by atoms with van der Waals surface area (Å²) in [6.07, 6.45) is 0.480. The van der Waals surface area contributed by atoms with Crippen molar-refractivity contribution < 1.29 is 14.1 Å². The number of amides is 2. The van der Waals surface area contributed by atoms with Gasteiger partial charge in [-0.05, 0) is 25.1 Å². The highest BCUT2D eigenvalue weighted by Gasteiger charge is 2.18. The number of rotatable bonds is 3. The molecule has 2 aromatic rings. The summed E-state index contributed by atoms with van der Waals surface area (Å²) in [6.45, 7) is 2.18. The molecule has 6 nitrogen and oxygen atoms in total. The number of nitrogens with zero attached hydrogens (tertiary/aromatic N) is 2. The van der Waals surface area contributed by atoms with Crippen LogP contribution >= 0.6 is 11.8 Å². The van der Waals surface area contributed by atoms with Crippen molar-refractivity contribution in [3.63, 3.8) is 0 Å². The summed E-state index contributed by atoms with van der Waals surface area (Å²) in [4.78, 5) is 26.8. The predicted octanol–water partition coefficient (Wildman–Crippen LogP) is 2.69. The van der Waals surface area contributed by atoms with Crippen molar-refractivity contribution in [3.05, 3.63) is 41.3 Å². The van der Waals surface area contributed by atoms with Gasteiger partial charge in [-0.3, -0.25) is 9.59 Å². The van der Waals surface area contributed by atoms with E-state index in [4.69, 9.17) is 4.52 Å². The zero-order chi connectivity index (χ0) is 16.4. The first-order chi connectivity index (χ1) is 11.0. The zero-order valence-electron chi connectivity index (χ0n) is 13.0. The summed E-state index contributed by atoms with van der Waals surface area (Å²) in [7, 11) is 1.71. The summed E-state index contributed by atoms with van der Waals surface area (Å²) in [5.74, 6) is 1.31. The van der Waals surface area contributed by atoms with E-state index in [0.717, 1.165) is 10.6 Å². The molecule has 0 radical (unpaired) electrons. The van der Waals surface area contributed by atoms with E-state index in [1.165, 1.54) is 0 Å². The van der Waals surface area contributed by atoms with Gasteiger partial charge in [0, 0.05) is 35.7 Å². The third kappa shape index (κ3) is 3.56. The van der Waals surface area contributed by atoms with Crippen molar-refractivity contribution in [2.75, 3.05) is 18.1 Å². The maximum absolute atomic E-state index is 12.6. The third-order valence-electron chi connectivity index (χ3n) is 3.51. The molecule has 0 saturated carbocycles. The molecular weight excluding hydrogens is 314 g/mol. The Morgan fingerprint density at radius 1 is 1.43 bits per heavy atom. The number of anilines is 1. The lowest BCUT2D eigenvalue weighted by molar-refractivity contribution is -0.115. The number of carbonyl (C=O) groups is 2. The lowest BCUT2D eigenvalue weighted by atomic mass is 10.1. The number of aryl methyl sites for hydroxylation is 1. The fraction of sp³-hybridized carbons (Fsp3) is 0.312.